The van der Waals surface area contributed by atoms with Crippen LogP contribution in [0.15, 0.2) is 90.1 Å². The van der Waals surface area contributed by atoms with E-state index in [1.165, 1.54) is 23.3 Å². The summed E-state index contributed by atoms with van der Waals surface area (Å²) < 4.78 is 54.8. The van der Waals surface area contributed by atoms with Gasteiger partial charge in [0, 0.05) is 101 Å². The van der Waals surface area contributed by atoms with Crippen LogP contribution in [-0.2, 0) is 26.0 Å². The van der Waals surface area contributed by atoms with E-state index < -0.39 is 43.1 Å². The third kappa shape index (κ3) is 11.6. The van der Waals surface area contributed by atoms with Crippen LogP contribution >= 0.6 is 0 Å². The Hall–Kier alpha value is -7.15. The zero-order chi connectivity index (χ0) is 58.6. The summed E-state index contributed by atoms with van der Waals surface area (Å²) in [5, 5.41) is 26.8. The molecular formula is C62H76N12O10S. The molecule has 0 bridgehead atoms. The first-order valence-corrected chi connectivity index (χ1v) is 31.6. The summed E-state index contributed by atoms with van der Waals surface area (Å²) in [6.07, 6.45) is 10.7. The molecule has 6 fully saturated rings. The minimum atomic E-state index is -4.67. The summed E-state index contributed by atoms with van der Waals surface area (Å²) in [5.41, 5.74) is 4.16. The van der Waals surface area contributed by atoms with Crippen LogP contribution in [0.5, 0.6) is 11.6 Å². The molecule has 4 N–H and O–H groups in total. The van der Waals surface area contributed by atoms with Crippen molar-refractivity contribution in [1.82, 2.24) is 34.5 Å². The van der Waals surface area contributed by atoms with Crippen molar-refractivity contribution >= 4 is 61.5 Å². The number of sulfonamides is 1. The smallest absolute Gasteiger partial charge is 0.293 e. The molecule has 1 amide bonds. The molecule has 2 aliphatic carbocycles. The van der Waals surface area contributed by atoms with Gasteiger partial charge in [0.1, 0.15) is 34.8 Å². The molecule has 5 aliphatic heterocycles. The number of anilines is 5. The van der Waals surface area contributed by atoms with E-state index in [1.54, 1.807) is 25.4 Å². The number of aliphatic hydroxyl groups is 1. The van der Waals surface area contributed by atoms with Gasteiger partial charge in [0.15, 0.2) is 11.6 Å². The number of amides is 1. The summed E-state index contributed by atoms with van der Waals surface area (Å²) in [6, 6.07) is 22.2. The Balaban J connectivity index is 0.736. The van der Waals surface area contributed by atoms with Gasteiger partial charge in [0.2, 0.25) is 5.88 Å². The van der Waals surface area contributed by atoms with Gasteiger partial charge in [0.25, 0.3) is 21.6 Å². The number of morpholine rings is 1. The molecule has 6 aromatic rings. The molecule has 0 unspecified atom stereocenters. The monoisotopic (exact) mass is 1180 g/mol. The van der Waals surface area contributed by atoms with Crippen molar-refractivity contribution in [3.8, 4) is 11.6 Å². The van der Waals surface area contributed by atoms with E-state index in [0.29, 0.717) is 74.7 Å². The molecule has 450 valence electrons. The first-order chi connectivity index (χ1) is 41.1. The lowest BCUT2D eigenvalue weighted by Gasteiger charge is -2.58. The van der Waals surface area contributed by atoms with E-state index in [4.69, 9.17) is 33.9 Å². The highest BCUT2D eigenvalue weighted by atomic mass is 32.2. The number of benzene rings is 2. The number of piperazine rings is 1. The molecule has 4 saturated heterocycles. The van der Waals surface area contributed by atoms with Crippen LogP contribution < -0.4 is 34.2 Å². The zero-order valence-electron chi connectivity index (χ0n) is 48.6. The van der Waals surface area contributed by atoms with Crippen LogP contribution in [0.3, 0.4) is 0 Å². The number of methoxy groups -OCH3 is 1. The third-order valence-electron chi connectivity index (χ3n) is 19.2. The summed E-state index contributed by atoms with van der Waals surface area (Å²) in [7, 11) is -2.95. The number of H-pyrrole nitrogens is 1. The fourth-order valence-corrected chi connectivity index (χ4v) is 15.3. The van der Waals surface area contributed by atoms with Crippen molar-refractivity contribution in [1.29, 1.82) is 0 Å². The van der Waals surface area contributed by atoms with Gasteiger partial charge in [-0.05, 0) is 142 Å². The number of nitrogens with zero attached hydrogens (tertiary/aromatic N) is 9. The number of ether oxygens (including phenoxy) is 4. The molecule has 2 aromatic carbocycles. The molecule has 22 nitrogen and oxygen atoms in total. The molecule has 2 saturated carbocycles. The Morgan fingerprint density at radius 1 is 0.906 bits per heavy atom. The molecule has 23 heteroatoms. The van der Waals surface area contributed by atoms with Crippen LogP contribution in [-0.4, -0.2) is 164 Å². The maximum Gasteiger partial charge on any atom is 0.293 e. The lowest BCUT2D eigenvalue weighted by Crippen LogP contribution is -2.60. The Kier molecular flexibility index (Phi) is 15.6. The van der Waals surface area contributed by atoms with E-state index >= 15 is 0 Å². The van der Waals surface area contributed by atoms with Crippen molar-refractivity contribution in [3.05, 3.63) is 118 Å². The molecule has 4 aromatic heterocycles. The van der Waals surface area contributed by atoms with E-state index in [0.717, 1.165) is 119 Å². The van der Waals surface area contributed by atoms with Crippen LogP contribution in [0, 0.1) is 28.4 Å². The third-order valence-corrected chi connectivity index (χ3v) is 20.6. The summed E-state index contributed by atoms with van der Waals surface area (Å²) in [6.45, 7) is 13.2. The summed E-state index contributed by atoms with van der Waals surface area (Å²) >= 11 is 0. The normalized spacial score (nSPS) is 24.7. The Labute approximate surface area is 495 Å². The number of nitro groups is 1. The number of pyridine rings is 3. The second-order valence-corrected chi connectivity index (χ2v) is 26.5. The zero-order valence-corrected chi connectivity index (χ0v) is 49.4. The van der Waals surface area contributed by atoms with Crippen molar-refractivity contribution in [2.75, 3.05) is 106 Å². The number of hydrogen-bond donors (Lipinski definition) is 4. The van der Waals surface area contributed by atoms with Crippen molar-refractivity contribution in [2.45, 2.75) is 113 Å². The van der Waals surface area contributed by atoms with Gasteiger partial charge in [-0.1, -0.05) is 24.3 Å². The predicted octanol–water partition coefficient (Wildman–Crippen LogP) is 7.88. The highest BCUT2D eigenvalue weighted by Gasteiger charge is 2.51. The number of nitrogens with one attached hydrogen (secondary N) is 3. The molecule has 1 spiro atoms. The number of aromatic nitrogens is 4. The molecule has 85 heavy (non-hydrogen) atoms. The summed E-state index contributed by atoms with van der Waals surface area (Å²) in [5.74, 6) is 2.12. The van der Waals surface area contributed by atoms with E-state index in [1.807, 2.05) is 30.2 Å². The minimum Gasteiger partial charge on any atom is -0.493 e. The highest BCUT2D eigenvalue weighted by Crippen LogP contribution is 2.54. The van der Waals surface area contributed by atoms with E-state index in [2.05, 4.69) is 71.9 Å². The largest absolute Gasteiger partial charge is 0.493 e. The number of hydrogen-bond acceptors (Lipinski definition) is 19. The van der Waals surface area contributed by atoms with Crippen molar-refractivity contribution in [3.63, 3.8) is 0 Å². The maximum atomic E-state index is 14.8. The van der Waals surface area contributed by atoms with Gasteiger partial charge in [-0.25, -0.2) is 23.1 Å². The van der Waals surface area contributed by atoms with E-state index in [-0.39, 0.29) is 47.1 Å². The lowest BCUT2D eigenvalue weighted by atomic mass is 9.59. The molecule has 3 atom stereocenters. The number of aryl methyl sites for hydroxylation is 1. The second-order valence-electron chi connectivity index (χ2n) is 24.8. The van der Waals surface area contributed by atoms with Gasteiger partial charge in [0.05, 0.1) is 54.0 Å². The van der Waals surface area contributed by atoms with Gasteiger partial charge in [-0.2, -0.15) is 4.98 Å². The Bertz CT molecular complexity index is 3570. The van der Waals surface area contributed by atoms with Crippen LogP contribution in [0.1, 0.15) is 97.8 Å². The molecular weight excluding hydrogens is 1100 g/mol. The topological polar surface area (TPSA) is 246 Å². The second kappa shape index (κ2) is 23.3. The lowest BCUT2D eigenvalue weighted by molar-refractivity contribution is -0.384. The predicted molar refractivity (Wildman–Crippen MR) is 322 cm³/mol. The average Bonchev–Trinajstić information content (AvgIpc) is 1.90. The number of fused-ring (bicyclic) bond motifs is 3. The standard InChI is InChI=1S/C62H76N12O10S/c1-40-6-4-5-7-46(40)52-38-69(37-42-30-53(81-3)58(65-36-42)71-25-28-82-29-26-71)23-24-72(52)44-33-62(34-44)18-21-70(22-19-62)55-11-9-47(57(66-55)73-49-15-27-83-39-54(49)84-60-51(73)31-43-14-20-63-56(43)67-60)59(75)68-85(79,80)45-8-10-48(50(32-45)74(77)78)64-35-41-12-16-61(2,76)17-13-41/h4-11,14,20,30-32,36,41,44,49,52,54,64,76H,12-13,15-19,21-29,33-35,37-39H2,1-3H3,(H,63,67)(H,68,75)/t41?,49-,52-,54-,61?/m0/s1. The average molecular weight is 1180 g/mol. The quantitative estimate of drug-likeness (QED) is 0.0564. The Morgan fingerprint density at radius 2 is 1.71 bits per heavy atom. The fraction of sp³-hybridized carbons (Fsp3) is 0.516. The van der Waals surface area contributed by atoms with Gasteiger partial charge in [-0.3, -0.25) is 24.7 Å². The SMILES string of the molecule is COc1cc(CN2CCN(C3CC4(CCN(c5ccc(C(=O)NS(=O)(=O)c6ccc(NCC7CCC(C)(O)CC7)c([N+](=O)[O-])c6)c(N6c7cc8cc[nH]c8nc7O[C@H]7COCC[C@@H]76)n5)CC4)C3)[C@H](c3ccccc3C)C2)cnc1N1CCOCC1. The number of nitro benzene ring substituents is 1. The molecule has 9 heterocycles. The van der Waals surface area contributed by atoms with Crippen LogP contribution in [0.2, 0.25) is 0 Å². The number of carbonyl (C=O) groups is 1. The van der Waals surface area contributed by atoms with Gasteiger partial charge >= 0.3 is 0 Å². The molecule has 7 aliphatic rings. The van der Waals surface area contributed by atoms with Gasteiger partial charge in [-0.15, -0.1) is 0 Å². The van der Waals surface area contributed by atoms with E-state index in [9.17, 15) is 28.4 Å². The number of rotatable bonds is 15. The number of carbonyl (C=O) groups excluding carboxylic acids is 1. The Morgan fingerprint density at radius 3 is 2.48 bits per heavy atom. The minimum absolute atomic E-state index is 0.00415. The first kappa shape index (κ1) is 57.0. The van der Waals surface area contributed by atoms with Crippen molar-refractivity contribution < 1.29 is 42.2 Å². The molecule has 13 rings (SSSR count). The number of aromatic amines is 1. The van der Waals surface area contributed by atoms with Gasteiger partial charge < -0.3 is 49.1 Å². The summed E-state index contributed by atoms with van der Waals surface area (Å²) in [4.78, 5) is 56.3. The van der Waals surface area contributed by atoms with Crippen molar-refractivity contribution in [2.24, 2.45) is 11.3 Å². The van der Waals surface area contributed by atoms with Crippen LogP contribution in [0.4, 0.5) is 34.5 Å². The van der Waals surface area contributed by atoms with Crippen LogP contribution in [0.25, 0.3) is 11.0 Å². The number of piperidine rings is 1. The maximum absolute atomic E-state index is 14.8. The highest BCUT2D eigenvalue weighted by molar-refractivity contribution is 7.90. The molecule has 0 radical (unpaired) electrons. The fourth-order valence-electron chi connectivity index (χ4n) is 14.3. The first-order valence-electron chi connectivity index (χ1n) is 30.1.